The van der Waals surface area contributed by atoms with E-state index in [1.54, 1.807) is 11.3 Å². The van der Waals surface area contributed by atoms with Crippen molar-refractivity contribution in [2.45, 2.75) is 20.4 Å². The Balaban J connectivity index is 1.72. The molecule has 116 valence electrons. The normalized spacial score (nSPS) is 11.4. The van der Waals surface area contributed by atoms with E-state index in [4.69, 9.17) is 4.52 Å². The van der Waals surface area contributed by atoms with Gasteiger partial charge in [0, 0.05) is 15.8 Å². The molecule has 0 aliphatic carbocycles. The highest BCUT2D eigenvalue weighted by Crippen LogP contribution is 2.25. The zero-order valence-corrected chi connectivity index (χ0v) is 14.1. The van der Waals surface area contributed by atoms with E-state index in [2.05, 4.69) is 15.1 Å². The van der Waals surface area contributed by atoms with Crippen molar-refractivity contribution in [1.82, 2.24) is 19.7 Å². The van der Waals surface area contributed by atoms with E-state index in [1.165, 1.54) is 22.2 Å². The Morgan fingerprint density at radius 2 is 2.22 bits per heavy atom. The second kappa shape index (κ2) is 5.39. The molecule has 0 amide bonds. The molecule has 4 aromatic heterocycles. The molecule has 0 aliphatic heterocycles. The molecule has 0 spiro atoms. The van der Waals surface area contributed by atoms with Crippen LogP contribution in [0.2, 0.25) is 0 Å². The van der Waals surface area contributed by atoms with Crippen LogP contribution in [-0.4, -0.2) is 19.7 Å². The maximum atomic E-state index is 12.6. The molecule has 6 nitrogen and oxygen atoms in total. The molecule has 4 heterocycles. The summed E-state index contributed by atoms with van der Waals surface area (Å²) in [7, 11) is 0. The van der Waals surface area contributed by atoms with E-state index >= 15 is 0 Å². The van der Waals surface area contributed by atoms with Crippen LogP contribution in [0.4, 0.5) is 0 Å². The minimum atomic E-state index is -0.0767. The molecule has 0 aliphatic rings. The van der Waals surface area contributed by atoms with E-state index < -0.39 is 0 Å². The van der Waals surface area contributed by atoms with Crippen LogP contribution >= 0.6 is 22.7 Å². The predicted octanol–water partition coefficient (Wildman–Crippen LogP) is 3.23. The Kier molecular flexibility index (Phi) is 3.35. The standard InChI is InChI=1S/C15H12N4O2S2/c1-8-9(2)23-14-12(8)15(20)19(7-16-14)5-11-17-13(18-21-11)10-3-4-22-6-10/h3-4,6-7H,5H2,1-2H3. The summed E-state index contributed by atoms with van der Waals surface area (Å²) in [4.78, 5) is 23.2. The van der Waals surface area contributed by atoms with Gasteiger partial charge in [-0.1, -0.05) is 5.16 Å². The molecule has 0 atom stereocenters. The van der Waals surface area contributed by atoms with Crippen LogP contribution < -0.4 is 5.56 Å². The Morgan fingerprint density at radius 1 is 1.35 bits per heavy atom. The molecule has 0 bridgehead atoms. The van der Waals surface area contributed by atoms with E-state index in [9.17, 15) is 4.79 Å². The van der Waals surface area contributed by atoms with Crippen LogP contribution in [-0.2, 0) is 6.54 Å². The number of fused-ring (bicyclic) bond motifs is 1. The van der Waals surface area contributed by atoms with Crippen molar-refractivity contribution in [1.29, 1.82) is 0 Å². The van der Waals surface area contributed by atoms with Crippen molar-refractivity contribution < 1.29 is 4.52 Å². The number of hydrogen-bond donors (Lipinski definition) is 0. The van der Waals surface area contributed by atoms with Crippen molar-refractivity contribution in [2.24, 2.45) is 0 Å². The van der Waals surface area contributed by atoms with Crippen molar-refractivity contribution in [3.63, 3.8) is 0 Å². The summed E-state index contributed by atoms with van der Waals surface area (Å²) in [6, 6.07) is 1.93. The third-order valence-corrected chi connectivity index (χ3v) is 5.51. The summed E-state index contributed by atoms with van der Waals surface area (Å²) < 4.78 is 6.76. The molecule has 0 fully saturated rings. The average molecular weight is 344 g/mol. The van der Waals surface area contributed by atoms with Crippen molar-refractivity contribution in [3.05, 3.63) is 49.8 Å². The number of aromatic nitrogens is 4. The van der Waals surface area contributed by atoms with Gasteiger partial charge in [-0.05, 0) is 30.9 Å². The van der Waals surface area contributed by atoms with Gasteiger partial charge < -0.3 is 4.52 Å². The SMILES string of the molecule is Cc1sc2ncn(Cc3nc(-c4ccsc4)no3)c(=O)c2c1C. The van der Waals surface area contributed by atoms with Gasteiger partial charge >= 0.3 is 0 Å². The Bertz CT molecular complexity index is 1040. The molecule has 4 aromatic rings. The lowest BCUT2D eigenvalue weighted by atomic mass is 10.2. The Labute approximate surface area is 139 Å². The molecule has 0 radical (unpaired) electrons. The topological polar surface area (TPSA) is 73.8 Å². The van der Waals surface area contributed by atoms with Crippen LogP contribution in [0.25, 0.3) is 21.6 Å². The summed E-state index contributed by atoms with van der Waals surface area (Å²) in [5, 5.41) is 8.53. The molecule has 23 heavy (non-hydrogen) atoms. The van der Waals surface area contributed by atoms with Crippen molar-refractivity contribution in [2.75, 3.05) is 0 Å². The Hall–Kier alpha value is -2.32. The minimum absolute atomic E-state index is 0.0767. The minimum Gasteiger partial charge on any atom is -0.337 e. The van der Waals surface area contributed by atoms with Gasteiger partial charge in [0.05, 0.1) is 11.7 Å². The first-order chi connectivity index (χ1) is 11.1. The summed E-state index contributed by atoms with van der Waals surface area (Å²) >= 11 is 3.11. The first-order valence-electron chi connectivity index (χ1n) is 6.94. The summed E-state index contributed by atoms with van der Waals surface area (Å²) in [6.45, 7) is 4.16. The maximum Gasteiger partial charge on any atom is 0.262 e. The molecule has 8 heteroatoms. The summed E-state index contributed by atoms with van der Waals surface area (Å²) in [5.74, 6) is 0.921. The van der Waals surface area contributed by atoms with Crippen LogP contribution in [0.3, 0.4) is 0 Å². The van der Waals surface area contributed by atoms with Gasteiger partial charge in [0.25, 0.3) is 5.56 Å². The highest BCUT2D eigenvalue weighted by atomic mass is 32.1. The van der Waals surface area contributed by atoms with E-state index in [1.807, 2.05) is 30.7 Å². The van der Waals surface area contributed by atoms with Gasteiger partial charge in [-0.2, -0.15) is 16.3 Å². The predicted molar refractivity (Wildman–Crippen MR) is 90.1 cm³/mol. The zero-order chi connectivity index (χ0) is 16.0. The fraction of sp³-hybridized carbons (Fsp3) is 0.200. The second-order valence-corrected chi connectivity index (χ2v) is 7.15. The monoisotopic (exact) mass is 344 g/mol. The Morgan fingerprint density at radius 3 is 3.00 bits per heavy atom. The lowest BCUT2D eigenvalue weighted by Crippen LogP contribution is -2.21. The van der Waals surface area contributed by atoms with Gasteiger partial charge in [-0.25, -0.2) is 4.98 Å². The van der Waals surface area contributed by atoms with Gasteiger partial charge in [0.15, 0.2) is 0 Å². The van der Waals surface area contributed by atoms with Gasteiger partial charge in [-0.3, -0.25) is 9.36 Å². The van der Waals surface area contributed by atoms with Crippen LogP contribution in [0.15, 0.2) is 32.5 Å². The molecular weight excluding hydrogens is 332 g/mol. The highest BCUT2D eigenvalue weighted by molar-refractivity contribution is 7.18. The van der Waals surface area contributed by atoms with E-state index in [-0.39, 0.29) is 12.1 Å². The average Bonchev–Trinajstić information content (AvgIpc) is 3.24. The second-order valence-electron chi connectivity index (χ2n) is 5.16. The zero-order valence-electron chi connectivity index (χ0n) is 12.4. The molecule has 0 N–H and O–H groups in total. The summed E-state index contributed by atoms with van der Waals surface area (Å²) in [6.07, 6.45) is 1.54. The molecule has 0 saturated carbocycles. The first-order valence-corrected chi connectivity index (χ1v) is 8.69. The van der Waals surface area contributed by atoms with Crippen LogP contribution in [0, 0.1) is 13.8 Å². The van der Waals surface area contributed by atoms with E-state index in [0.29, 0.717) is 17.1 Å². The van der Waals surface area contributed by atoms with Gasteiger partial charge in [0.2, 0.25) is 11.7 Å². The number of thiophene rings is 2. The number of nitrogens with zero attached hydrogens (tertiary/aromatic N) is 4. The first kappa shape index (κ1) is 14.3. The third-order valence-electron chi connectivity index (χ3n) is 3.71. The quantitative estimate of drug-likeness (QED) is 0.570. The third kappa shape index (κ3) is 2.40. The number of hydrogen-bond acceptors (Lipinski definition) is 7. The van der Waals surface area contributed by atoms with Gasteiger partial charge in [-0.15, -0.1) is 11.3 Å². The van der Waals surface area contributed by atoms with Crippen LogP contribution in [0.5, 0.6) is 0 Å². The van der Waals surface area contributed by atoms with Gasteiger partial charge in [0.1, 0.15) is 11.4 Å². The highest BCUT2D eigenvalue weighted by Gasteiger charge is 2.14. The number of aryl methyl sites for hydroxylation is 2. The molecule has 0 unspecified atom stereocenters. The van der Waals surface area contributed by atoms with Crippen molar-refractivity contribution >= 4 is 32.9 Å². The molecule has 0 saturated heterocycles. The largest absolute Gasteiger partial charge is 0.337 e. The molecule has 4 rings (SSSR count). The fourth-order valence-electron chi connectivity index (χ4n) is 2.36. The fourth-order valence-corrected chi connectivity index (χ4v) is 3.98. The van der Waals surface area contributed by atoms with E-state index in [0.717, 1.165) is 20.8 Å². The maximum absolute atomic E-state index is 12.6. The molecule has 0 aromatic carbocycles. The van der Waals surface area contributed by atoms with Crippen LogP contribution in [0.1, 0.15) is 16.3 Å². The lowest BCUT2D eigenvalue weighted by Gasteiger charge is -2.01. The smallest absolute Gasteiger partial charge is 0.262 e. The molecular formula is C15H12N4O2S2. The van der Waals surface area contributed by atoms with Crippen molar-refractivity contribution in [3.8, 4) is 11.4 Å². The summed E-state index contributed by atoms with van der Waals surface area (Å²) in [5.41, 5.74) is 1.82. The lowest BCUT2D eigenvalue weighted by molar-refractivity contribution is 0.369. The number of rotatable bonds is 3.